The van der Waals surface area contributed by atoms with Crippen LogP contribution in [-0.4, -0.2) is 60.4 Å². The molecule has 2 N–H and O–H groups in total. The first kappa shape index (κ1) is 37.4. The molecule has 0 saturated heterocycles. The summed E-state index contributed by atoms with van der Waals surface area (Å²) in [5.41, 5.74) is 0. The molecule has 4 unspecified atom stereocenters. The summed E-state index contributed by atoms with van der Waals surface area (Å²) in [6.45, 7) is 5.65. The second kappa shape index (κ2) is 23.1. The van der Waals surface area contributed by atoms with E-state index < -0.39 is 47.8 Å². The Morgan fingerprint density at radius 2 is 1.29 bits per heavy atom. The van der Waals surface area contributed by atoms with Crippen molar-refractivity contribution in [2.24, 2.45) is 0 Å². The zero-order valence-corrected chi connectivity index (χ0v) is 26.1. The van der Waals surface area contributed by atoms with Gasteiger partial charge >= 0.3 is 19.8 Å². The molecule has 0 radical (unpaired) electrons. The summed E-state index contributed by atoms with van der Waals surface area (Å²) in [5.74, 6) is -1.42. The van der Waals surface area contributed by atoms with Gasteiger partial charge in [-0.25, -0.2) is 13.2 Å². The molecular formula is C28H56O8PS+. The zero-order valence-electron chi connectivity index (χ0n) is 24.3. The number of hydrogen-bond donors (Lipinski definition) is 2. The third-order valence-corrected chi connectivity index (χ3v) is 10.0. The molecule has 0 aliphatic carbocycles. The van der Waals surface area contributed by atoms with E-state index in [4.69, 9.17) is 14.6 Å². The van der Waals surface area contributed by atoms with Crippen molar-refractivity contribution in [2.45, 2.75) is 153 Å². The van der Waals surface area contributed by atoms with Gasteiger partial charge in [0.25, 0.3) is 0 Å². The number of aliphatic hydroxyl groups is 1. The SMILES string of the molecule is CCCCCCCCCCCS(=O)(=O)C(CCCCCCCC)CCOC(CC)OCC(O)([PH+]=O)C(=O)O. The maximum atomic E-state index is 13.2. The van der Waals surface area contributed by atoms with E-state index in [-0.39, 0.29) is 12.4 Å². The van der Waals surface area contributed by atoms with Crippen molar-refractivity contribution in [3.63, 3.8) is 0 Å². The van der Waals surface area contributed by atoms with Crippen molar-refractivity contribution < 1.29 is 37.5 Å². The summed E-state index contributed by atoms with van der Waals surface area (Å²) in [4.78, 5) is 11.1. The molecule has 4 atom stereocenters. The number of hydrogen-bond acceptors (Lipinski definition) is 7. The number of carboxylic acid groups (broad SMARTS) is 1. The van der Waals surface area contributed by atoms with Gasteiger partial charge in [-0.3, -0.25) is 0 Å². The highest BCUT2D eigenvalue weighted by molar-refractivity contribution is 7.92. The Morgan fingerprint density at radius 1 is 0.789 bits per heavy atom. The van der Waals surface area contributed by atoms with Gasteiger partial charge in [0.1, 0.15) is 6.61 Å². The molecule has 0 heterocycles. The lowest BCUT2D eigenvalue weighted by Gasteiger charge is -2.21. The number of carboxylic acids is 1. The monoisotopic (exact) mass is 583 g/mol. The molecule has 0 bridgehead atoms. The second-order valence-electron chi connectivity index (χ2n) is 10.4. The fourth-order valence-corrected chi connectivity index (χ4v) is 6.55. The van der Waals surface area contributed by atoms with E-state index in [2.05, 4.69) is 13.8 Å². The lowest BCUT2D eigenvalue weighted by molar-refractivity contribution is -0.178. The summed E-state index contributed by atoms with van der Waals surface area (Å²) in [6, 6.07) is 0. The van der Waals surface area contributed by atoms with Crippen molar-refractivity contribution in [2.75, 3.05) is 19.0 Å². The minimum atomic E-state index is -3.26. The zero-order chi connectivity index (χ0) is 28.7. The molecule has 10 heteroatoms. The number of sulfone groups is 1. The minimum Gasteiger partial charge on any atom is -0.476 e. The van der Waals surface area contributed by atoms with Crippen molar-refractivity contribution in [3.05, 3.63) is 0 Å². The predicted octanol–water partition coefficient (Wildman–Crippen LogP) is 7.01. The molecule has 226 valence electrons. The lowest BCUT2D eigenvalue weighted by atomic mass is 10.1. The van der Waals surface area contributed by atoms with Gasteiger partial charge in [0.2, 0.25) is 0 Å². The number of aliphatic carboxylic acids is 1. The van der Waals surface area contributed by atoms with Crippen LogP contribution in [0.5, 0.6) is 0 Å². The molecule has 38 heavy (non-hydrogen) atoms. The van der Waals surface area contributed by atoms with Gasteiger partial charge in [0.15, 0.2) is 16.1 Å². The van der Waals surface area contributed by atoms with E-state index in [0.717, 1.165) is 32.1 Å². The summed E-state index contributed by atoms with van der Waals surface area (Å²) < 4.78 is 48.6. The molecule has 0 fully saturated rings. The summed E-state index contributed by atoms with van der Waals surface area (Å²) in [5, 5.41) is 16.0. The largest absolute Gasteiger partial charge is 0.476 e. The fraction of sp³-hybridized carbons (Fsp3) is 0.964. The fourth-order valence-electron chi connectivity index (χ4n) is 4.40. The Bertz CT molecular complexity index is 703. The van der Waals surface area contributed by atoms with Gasteiger partial charge < -0.3 is 19.7 Å². The van der Waals surface area contributed by atoms with E-state index in [1.165, 1.54) is 57.8 Å². The van der Waals surface area contributed by atoms with Gasteiger partial charge in [0, 0.05) is 0 Å². The average Bonchev–Trinajstić information content (AvgIpc) is 2.89. The summed E-state index contributed by atoms with van der Waals surface area (Å²) >= 11 is 0. The van der Waals surface area contributed by atoms with Crippen LogP contribution in [0.25, 0.3) is 0 Å². The summed E-state index contributed by atoms with van der Waals surface area (Å²) in [6.07, 6.45) is 17.3. The molecule has 0 aromatic carbocycles. The molecule has 0 aromatic rings. The normalized spacial score (nSPS) is 15.4. The van der Waals surface area contributed by atoms with Gasteiger partial charge in [-0.2, -0.15) is 0 Å². The van der Waals surface area contributed by atoms with Crippen LogP contribution in [-0.2, 0) is 28.7 Å². The third-order valence-electron chi connectivity index (χ3n) is 7.00. The van der Waals surface area contributed by atoms with Crippen molar-refractivity contribution >= 4 is 24.3 Å². The number of rotatable bonds is 28. The van der Waals surface area contributed by atoms with E-state index >= 15 is 0 Å². The first-order chi connectivity index (χ1) is 18.2. The quantitative estimate of drug-likeness (QED) is 0.0572. The molecular weight excluding hydrogens is 527 g/mol. The molecule has 0 aliphatic rings. The molecule has 0 saturated carbocycles. The van der Waals surface area contributed by atoms with Gasteiger partial charge in [0.05, 0.1) is 17.6 Å². The van der Waals surface area contributed by atoms with Crippen molar-refractivity contribution in [1.29, 1.82) is 0 Å². The smallest absolute Gasteiger partial charge is 0.390 e. The highest BCUT2D eigenvalue weighted by Gasteiger charge is 2.46. The second-order valence-corrected chi connectivity index (χ2v) is 13.9. The highest BCUT2D eigenvalue weighted by Crippen LogP contribution is 2.23. The molecule has 0 aliphatic heterocycles. The maximum absolute atomic E-state index is 13.2. The number of unbranched alkanes of at least 4 members (excludes halogenated alkanes) is 13. The highest BCUT2D eigenvalue weighted by atomic mass is 32.2. The molecule has 0 amide bonds. The van der Waals surface area contributed by atoms with E-state index in [1.54, 1.807) is 6.92 Å². The van der Waals surface area contributed by atoms with Crippen LogP contribution in [0.4, 0.5) is 0 Å². The van der Waals surface area contributed by atoms with Gasteiger partial charge in [-0.1, -0.05) is 115 Å². The average molecular weight is 584 g/mol. The Balaban J connectivity index is 4.73. The molecule has 0 rings (SSSR count). The van der Waals surface area contributed by atoms with Crippen LogP contribution in [0, 0.1) is 0 Å². The molecule has 0 aromatic heterocycles. The number of carbonyl (C=O) groups is 1. The first-order valence-corrected chi connectivity index (χ1v) is 17.6. The Labute approximate surface area is 233 Å². The Kier molecular flexibility index (Phi) is 22.8. The number of ether oxygens (including phenoxy) is 2. The predicted molar refractivity (Wildman–Crippen MR) is 155 cm³/mol. The van der Waals surface area contributed by atoms with E-state index in [1.807, 2.05) is 0 Å². The maximum Gasteiger partial charge on any atom is 0.390 e. The van der Waals surface area contributed by atoms with Crippen LogP contribution < -0.4 is 0 Å². The minimum absolute atomic E-state index is 0.154. The van der Waals surface area contributed by atoms with Crippen LogP contribution in [0.1, 0.15) is 136 Å². The standard InChI is InChI=1S/C28H55O8PS/c1-4-7-9-11-13-14-15-17-19-23-38(33,34)25(20-18-16-12-10-8-5-2)21-22-35-26(6-3)36-24-28(31,37-32)27(29)30/h25-26,31H,4-24H2,1-3H3,(H,29,30)/p+1. The van der Waals surface area contributed by atoms with Crippen LogP contribution in [0.15, 0.2) is 0 Å². The van der Waals surface area contributed by atoms with Crippen LogP contribution in [0.3, 0.4) is 0 Å². The Morgan fingerprint density at radius 3 is 1.76 bits per heavy atom. The van der Waals surface area contributed by atoms with E-state index in [9.17, 15) is 22.9 Å². The lowest BCUT2D eigenvalue weighted by Crippen LogP contribution is -2.39. The topological polar surface area (TPSA) is 127 Å². The molecule has 0 spiro atoms. The van der Waals surface area contributed by atoms with Crippen molar-refractivity contribution in [3.8, 4) is 0 Å². The van der Waals surface area contributed by atoms with E-state index in [0.29, 0.717) is 25.7 Å². The van der Waals surface area contributed by atoms with Crippen LogP contribution in [0.2, 0.25) is 0 Å². The third kappa shape index (κ3) is 17.9. The van der Waals surface area contributed by atoms with Gasteiger partial charge in [-0.15, -0.1) is 0 Å². The molecule has 8 nitrogen and oxygen atoms in total. The Hall–Kier alpha value is -0.600. The summed E-state index contributed by atoms with van der Waals surface area (Å²) in [7, 11) is -4.74. The van der Waals surface area contributed by atoms with Crippen molar-refractivity contribution in [1.82, 2.24) is 0 Å². The first-order valence-electron chi connectivity index (χ1n) is 15.0. The van der Waals surface area contributed by atoms with Crippen LogP contribution >= 0.6 is 8.46 Å². The van der Waals surface area contributed by atoms with Gasteiger partial charge in [-0.05, 0) is 25.7 Å².